The quantitative estimate of drug-likeness (QED) is 0.184. The largest absolute Gasteiger partial charge is 0.456 e. The van der Waals surface area contributed by atoms with Gasteiger partial charge in [0.25, 0.3) is 0 Å². The van der Waals surface area contributed by atoms with Crippen molar-refractivity contribution < 1.29 is 4.42 Å². The minimum Gasteiger partial charge on any atom is -0.456 e. The highest BCUT2D eigenvalue weighted by Crippen LogP contribution is 2.37. The summed E-state index contributed by atoms with van der Waals surface area (Å²) < 4.78 is 6.62. The Kier molecular flexibility index (Phi) is 6.96. The number of furan rings is 1. The van der Waals surface area contributed by atoms with Crippen LogP contribution in [0.1, 0.15) is 22.9 Å². The van der Waals surface area contributed by atoms with Crippen LogP contribution in [0.15, 0.2) is 202 Å². The molecule has 1 N–H and O–H groups in total. The van der Waals surface area contributed by atoms with Crippen LogP contribution in [0.2, 0.25) is 0 Å². The fourth-order valence-electron chi connectivity index (χ4n) is 8.79. The Bertz CT molecular complexity index is 3520. The predicted molar refractivity (Wildman–Crippen MR) is 239 cm³/mol. The van der Waals surface area contributed by atoms with Crippen LogP contribution in [0.3, 0.4) is 0 Å². The van der Waals surface area contributed by atoms with Crippen LogP contribution in [0, 0.1) is 0 Å². The molecule has 1 aliphatic heterocycles. The lowest BCUT2D eigenvalue weighted by molar-refractivity contribution is 0.668. The van der Waals surface area contributed by atoms with Gasteiger partial charge in [0.2, 0.25) is 0 Å². The van der Waals surface area contributed by atoms with Crippen molar-refractivity contribution in [3.8, 4) is 11.1 Å². The van der Waals surface area contributed by atoms with Crippen molar-refractivity contribution in [1.82, 2.24) is 5.32 Å². The number of fused-ring (bicyclic) bond motifs is 10. The zero-order chi connectivity index (χ0) is 37.5. The van der Waals surface area contributed by atoms with Gasteiger partial charge in [-0.05, 0) is 107 Å². The van der Waals surface area contributed by atoms with Crippen LogP contribution in [-0.2, 0) is 0 Å². The van der Waals surface area contributed by atoms with E-state index in [2.05, 4.69) is 181 Å². The second-order valence-corrected chi connectivity index (χ2v) is 15.0. The van der Waals surface area contributed by atoms with Crippen molar-refractivity contribution in [3.05, 3.63) is 205 Å². The molecule has 1 aliphatic rings. The van der Waals surface area contributed by atoms with E-state index in [1.165, 1.54) is 53.9 Å². The summed E-state index contributed by atoms with van der Waals surface area (Å²) in [7, 11) is 0. The van der Waals surface area contributed by atoms with Gasteiger partial charge in [-0.2, -0.15) is 0 Å². The average molecular weight is 728 g/mol. The molecule has 266 valence electrons. The standard InChI is InChI=1S/C53H33N3O/c1-2-11-37-28-38(23-16-32(37)8-1)39-26-27-44-49(31-39)57-48-15-7-14-45(50(44)48)53-55-51(40-24-21-35-19-17-33-9-3-5-12-42(33)46(35)29-40)54-52(56-53)41-25-22-36-20-18-34-10-4-6-13-43(34)47(36)30-41/h1-31,51H,(H,54,55,56). The predicted octanol–water partition coefficient (Wildman–Crippen LogP) is 13.5. The monoisotopic (exact) mass is 727 g/mol. The van der Waals surface area contributed by atoms with Crippen molar-refractivity contribution >= 4 is 87.5 Å². The Hall–Kier alpha value is -7.56. The van der Waals surface area contributed by atoms with E-state index >= 15 is 0 Å². The molecule has 0 bridgehead atoms. The molecule has 0 saturated heterocycles. The highest BCUT2D eigenvalue weighted by Gasteiger charge is 2.24. The maximum atomic E-state index is 6.62. The van der Waals surface area contributed by atoms with Crippen molar-refractivity contribution in [1.29, 1.82) is 0 Å². The number of hydrogen-bond acceptors (Lipinski definition) is 4. The molecule has 57 heavy (non-hydrogen) atoms. The molecule has 0 saturated carbocycles. The first-order valence-corrected chi connectivity index (χ1v) is 19.4. The highest BCUT2D eigenvalue weighted by molar-refractivity contribution is 6.23. The van der Waals surface area contributed by atoms with Crippen molar-refractivity contribution in [2.24, 2.45) is 9.98 Å². The van der Waals surface area contributed by atoms with Gasteiger partial charge >= 0.3 is 0 Å². The Morgan fingerprint density at radius 2 is 1.00 bits per heavy atom. The summed E-state index contributed by atoms with van der Waals surface area (Å²) in [6.45, 7) is 0. The van der Waals surface area contributed by atoms with Crippen molar-refractivity contribution in [2.45, 2.75) is 6.17 Å². The van der Waals surface area contributed by atoms with Crippen LogP contribution >= 0.6 is 0 Å². The molecule has 0 fully saturated rings. The summed E-state index contributed by atoms with van der Waals surface area (Å²) in [5.74, 6) is 1.44. The molecular formula is C53H33N3O. The van der Waals surface area contributed by atoms with Crippen molar-refractivity contribution in [2.75, 3.05) is 0 Å². The summed E-state index contributed by atoms with van der Waals surface area (Å²) in [4.78, 5) is 10.7. The third kappa shape index (κ3) is 5.22. The van der Waals surface area contributed by atoms with Gasteiger partial charge in [0.15, 0.2) is 5.84 Å². The Morgan fingerprint density at radius 1 is 0.404 bits per heavy atom. The molecule has 1 unspecified atom stereocenters. The van der Waals surface area contributed by atoms with Crippen LogP contribution in [0.25, 0.3) is 86.9 Å². The SMILES string of the molecule is c1ccc2cc(-c3ccc4c(c3)oc3cccc(C5=NC(c6ccc7ccc8ccccc8c7c6)NC(c6ccc7ccc8ccccc8c7c6)=N5)c34)ccc2c1. The van der Waals surface area contributed by atoms with E-state index in [4.69, 9.17) is 14.4 Å². The Balaban J connectivity index is 1.04. The molecule has 4 heteroatoms. The van der Waals surface area contributed by atoms with E-state index in [1.807, 2.05) is 12.1 Å². The molecule has 2 heterocycles. The minimum absolute atomic E-state index is 0.382. The number of aliphatic imine (C=N–C) groups is 2. The van der Waals surface area contributed by atoms with Crippen LogP contribution in [-0.4, -0.2) is 11.7 Å². The van der Waals surface area contributed by atoms with Crippen molar-refractivity contribution in [3.63, 3.8) is 0 Å². The zero-order valence-corrected chi connectivity index (χ0v) is 30.8. The first kappa shape index (κ1) is 31.8. The fraction of sp³-hybridized carbons (Fsp3) is 0.0189. The van der Waals surface area contributed by atoms with E-state index in [0.717, 1.165) is 55.6 Å². The summed E-state index contributed by atoms with van der Waals surface area (Å²) in [5, 5.41) is 17.9. The van der Waals surface area contributed by atoms with Gasteiger partial charge in [-0.15, -0.1) is 0 Å². The topological polar surface area (TPSA) is 49.9 Å². The smallest absolute Gasteiger partial charge is 0.160 e. The number of amidine groups is 2. The average Bonchev–Trinajstić information content (AvgIpc) is 3.66. The molecule has 12 rings (SSSR count). The molecule has 1 aromatic heterocycles. The molecular weight excluding hydrogens is 695 g/mol. The Morgan fingerprint density at radius 3 is 1.79 bits per heavy atom. The van der Waals surface area contributed by atoms with E-state index in [9.17, 15) is 0 Å². The Labute approximate surface area is 328 Å². The number of hydrogen-bond donors (Lipinski definition) is 1. The number of benzene rings is 10. The van der Waals surface area contributed by atoms with Gasteiger partial charge in [0.1, 0.15) is 23.2 Å². The summed E-state index contributed by atoms with van der Waals surface area (Å²) in [6, 6.07) is 67.1. The fourth-order valence-corrected chi connectivity index (χ4v) is 8.79. The lowest BCUT2D eigenvalue weighted by Crippen LogP contribution is -2.33. The molecule has 0 spiro atoms. The van der Waals surface area contributed by atoms with Gasteiger partial charge in [0.05, 0.1) is 0 Å². The lowest BCUT2D eigenvalue weighted by Gasteiger charge is -2.24. The molecule has 4 nitrogen and oxygen atoms in total. The van der Waals surface area contributed by atoms with E-state index in [-0.39, 0.29) is 6.17 Å². The molecule has 0 amide bonds. The molecule has 10 aromatic carbocycles. The molecule has 0 radical (unpaired) electrons. The first-order chi connectivity index (χ1) is 28.2. The summed E-state index contributed by atoms with van der Waals surface area (Å²) in [5.41, 5.74) is 6.92. The van der Waals surface area contributed by atoms with Gasteiger partial charge in [-0.3, -0.25) is 0 Å². The van der Waals surface area contributed by atoms with Crippen LogP contribution in [0.5, 0.6) is 0 Å². The second-order valence-electron chi connectivity index (χ2n) is 15.0. The summed E-state index contributed by atoms with van der Waals surface area (Å²) in [6.07, 6.45) is -0.382. The normalized spacial score (nSPS) is 14.5. The minimum atomic E-state index is -0.382. The third-order valence-electron chi connectivity index (χ3n) is 11.7. The van der Waals surface area contributed by atoms with Gasteiger partial charge in [-0.25, -0.2) is 9.98 Å². The molecule has 0 aliphatic carbocycles. The van der Waals surface area contributed by atoms with Gasteiger partial charge in [-0.1, -0.05) is 152 Å². The zero-order valence-electron chi connectivity index (χ0n) is 30.8. The number of rotatable bonds is 4. The van der Waals surface area contributed by atoms with Crippen LogP contribution < -0.4 is 5.32 Å². The summed E-state index contributed by atoms with van der Waals surface area (Å²) >= 11 is 0. The van der Waals surface area contributed by atoms with E-state index in [1.54, 1.807) is 0 Å². The highest BCUT2D eigenvalue weighted by atomic mass is 16.3. The maximum absolute atomic E-state index is 6.62. The van der Waals surface area contributed by atoms with E-state index in [0.29, 0.717) is 5.84 Å². The first-order valence-electron chi connectivity index (χ1n) is 19.4. The third-order valence-corrected chi connectivity index (χ3v) is 11.7. The van der Waals surface area contributed by atoms with Gasteiger partial charge in [0, 0.05) is 21.9 Å². The lowest BCUT2D eigenvalue weighted by atomic mass is 9.97. The number of nitrogens with one attached hydrogen (secondary N) is 1. The molecule has 1 atom stereocenters. The second kappa shape index (κ2) is 12.5. The number of nitrogens with zero attached hydrogens (tertiary/aromatic N) is 2. The maximum Gasteiger partial charge on any atom is 0.160 e. The van der Waals surface area contributed by atoms with Crippen LogP contribution in [0.4, 0.5) is 0 Å². The van der Waals surface area contributed by atoms with E-state index < -0.39 is 0 Å². The van der Waals surface area contributed by atoms with Gasteiger partial charge < -0.3 is 9.73 Å². The molecule has 11 aromatic rings.